The zero-order chi connectivity index (χ0) is 12.4. The molecule has 0 aromatic carbocycles. The minimum absolute atomic E-state index is 0.168. The predicted molar refractivity (Wildman–Crippen MR) is 68.6 cm³/mol. The van der Waals surface area contributed by atoms with Crippen molar-refractivity contribution in [1.29, 1.82) is 0 Å². The number of hydrogen-bond donors (Lipinski definition) is 0. The molecule has 1 heterocycles. The maximum absolute atomic E-state index is 5.97. The monoisotopic (exact) mass is 274 g/mol. The molecule has 1 aliphatic carbocycles. The van der Waals surface area contributed by atoms with E-state index in [9.17, 15) is 0 Å². The Labute approximate surface area is 112 Å². The van der Waals surface area contributed by atoms with Crippen LogP contribution in [0, 0.1) is 11.8 Å². The highest BCUT2D eigenvalue weighted by atomic mass is 35.5. The molecule has 2 rings (SSSR count). The maximum atomic E-state index is 5.97. The maximum Gasteiger partial charge on any atom is 0.237 e. The second-order valence-corrected chi connectivity index (χ2v) is 5.54. The number of hydrogen-bond acceptors (Lipinski definition) is 3. The molecule has 0 bridgehead atoms. The smallest absolute Gasteiger partial charge is 0.237 e. The van der Waals surface area contributed by atoms with E-state index in [1.807, 2.05) is 0 Å². The van der Waals surface area contributed by atoms with E-state index in [4.69, 9.17) is 27.9 Å². The Morgan fingerprint density at radius 3 is 2.71 bits per heavy atom. The lowest BCUT2D eigenvalue weighted by Crippen LogP contribution is -2.29. The van der Waals surface area contributed by atoms with Crippen molar-refractivity contribution < 1.29 is 4.74 Å². The van der Waals surface area contributed by atoms with Crippen LogP contribution >= 0.6 is 23.2 Å². The molecule has 0 N–H and O–H groups in total. The predicted octanol–water partition coefficient (Wildman–Crippen LogP) is 3.99. The van der Waals surface area contributed by atoms with E-state index in [0.717, 1.165) is 18.8 Å². The molecule has 0 radical (unpaired) electrons. The van der Waals surface area contributed by atoms with Gasteiger partial charge in [0.2, 0.25) is 11.2 Å². The Morgan fingerprint density at radius 2 is 2.00 bits per heavy atom. The van der Waals surface area contributed by atoms with Crippen molar-refractivity contribution in [2.45, 2.75) is 39.2 Å². The lowest BCUT2D eigenvalue weighted by Gasteiger charge is -2.32. The third-order valence-corrected chi connectivity index (χ3v) is 3.95. The quantitative estimate of drug-likeness (QED) is 0.765. The molecule has 0 amide bonds. The fourth-order valence-corrected chi connectivity index (χ4v) is 2.44. The van der Waals surface area contributed by atoms with E-state index < -0.39 is 0 Å². The summed E-state index contributed by atoms with van der Waals surface area (Å²) in [7, 11) is 0. The van der Waals surface area contributed by atoms with Crippen molar-refractivity contribution >= 4 is 23.2 Å². The van der Waals surface area contributed by atoms with Crippen LogP contribution in [0.2, 0.25) is 10.3 Å². The van der Waals surface area contributed by atoms with Crippen LogP contribution in [0.1, 0.15) is 33.1 Å². The van der Waals surface area contributed by atoms with Gasteiger partial charge in [0, 0.05) is 0 Å². The van der Waals surface area contributed by atoms with Crippen molar-refractivity contribution in [2.24, 2.45) is 11.8 Å². The van der Waals surface area contributed by atoms with Crippen molar-refractivity contribution in [1.82, 2.24) is 9.97 Å². The molecule has 17 heavy (non-hydrogen) atoms. The molecule has 0 spiro atoms. The molecule has 1 aromatic heterocycles. The zero-order valence-corrected chi connectivity index (χ0v) is 11.5. The Balaban J connectivity index is 2.03. The molecule has 0 saturated heterocycles. The first-order valence-corrected chi connectivity index (χ1v) is 6.66. The van der Waals surface area contributed by atoms with Crippen LogP contribution in [0.5, 0.6) is 5.88 Å². The normalized spacial score (nSPS) is 29.1. The van der Waals surface area contributed by atoms with E-state index in [1.54, 1.807) is 0 Å². The molecule has 1 aliphatic rings. The second kappa shape index (κ2) is 5.40. The van der Waals surface area contributed by atoms with Crippen LogP contribution in [0.15, 0.2) is 6.20 Å². The van der Waals surface area contributed by atoms with Crippen LogP contribution in [-0.4, -0.2) is 16.1 Å². The van der Waals surface area contributed by atoms with E-state index in [-0.39, 0.29) is 11.4 Å². The highest BCUT2D eigenvalue weighted by Crippen LogP contribution is 2.33. The van der Waals surface area contributed by atoms with E-state index in [0.29, 0.717) is 16.8 Å². The third-order valence-electron chi connectivity index (χ3n) is 3.51. The van der Waals surface area contributed by atoms with Gasteiger partial charge in [-0.1, -0.05) is 25.4 Å². The number of rotatable bonds is 2. The minimum Gasteiger partial charge on any atom is -0.473 e. The molecule has 94 valence electrons. The third kappa shape index (κ3) is 3.23. The number of ether oxygens (including phenoxy) is 1. The van der Waals surface area contributed by atoms with Gasteiger partial charge in [0.25, 0.3) is 0 Å². The molecule has 1 aromatic rings. The summed E-state index contributed by atoms with van der Waals surface area (Å²) in [4.78, 5) is 7.81. The van der Waals surface area contributed by atoms with Crippen LogP contribution in [0.3, 0.4) is 0 Å². The fourth-order valence-electron chi connectivity index (χ4n) is 2.18. The average molecular weight is 275 g/mol. The van der Waals surface area contributed by atoms with Gasteiger partial charge in [-0.2, -0.15) is 4.98 Å². The van der Waals surface area contributed by atoms with E-state index in [2.05, 4.69) is 23.8 Å². The summed E-state index contributed by atoms with van der Waals surface area (Å²) in [6, 6.07) is 0. The molecular formula is C12H16Cl2N2O. The van der Waals surface area contributed by atoms with Gasteiger partial charge in [-0.05, 0) is 42.7 Å². The number of halogens is 2. The van der Waals surface area contributed by atoms with Gasteiger partial charge in [-0.3, -0.25) is 0 Å². The first-order valence-electron chi connectivity index (χ1n) is 5.91. The van der Waals surface area contributed by atoms with Crippen LogP contribution in [0.25, 0.3) is 0 Å². The van der Waals surface area contributed by atoms with Gasteiger partial charge in [0.15, 0.2) is 0 Å². The Morgan fingerprint density at radius 1 is 1.24 bits per heavy atom. The van der Waals surface area contributed by atoms with Gasteiger partial charge in [0.05, 0.1) is 6.20 Å². The summed E-state index contributed by atoms with van der Waals surface area (Å²) in [5.41, 5.74) is 0. The SMILES string of the molecule is CC1CCC(Oc2nc(Cl)ncc2Cl)CC1C. The lowest BCUT2D eigenvalue weighted by atomic mass is 9.80. The average Bonchev–Trinajstić information content (AvgIpc) is 2.29. The van der Waals surface area contributed by atoms with Crippen LogP contribution < -0.4 is 4.74 Å². The summed E-state index contributed by atoms with van der Waals surface area (Å²) >= 11 is 11.7. The van der Waals surface area contributed by atoms with Gasteiger partial charge in [-0.25, -0.2) is 4.98 Å². The molecule has 1 saturated carbocycles. The van der Waals surface area contributed by atoms with Crippen LogP contribution in [-0.2, 0) is 0 Å². The first-order chi connectivity index (χ1) is 8.06. The van der Waals surface area contributed by atoms with Crippen molar-refractivity contribution in [3.8, 4) is 5.88 Å². The summed E-state index contributed by atoms with van der Waals surface area (Å²) in [5, 5.41) is 0.585. The number of aromatic nitrogens is 2. The van der Waals surface area contributed by atoms with E-state index in [1.165, 1.54) is 12.6 Å². The minimum atomic E-state index is 0.168. The molecular weight excluding hydrogens is 259 g/mol. The Kier molecular flexibility index (Phi) is 4.10. The summed E-state index contributed by atoms with van der Waals surface area (Å²) in [6.07, 6.45) is 4.93. The molecule has 5 heteroatoms. The van der Waals surface area contributed by atoms with Gasteiger partial charge < -0.3 is 4.74 Å². The van der Waals surface area contributed by atoms with Gasteiger partial charge in [0.1, 0.15) is 11.1 Å². The van der Waals surface area contributed by atoms with Gasteiger partial charge >= 0.3 is 0 Å². The zero-order valence-electron chi connectivity index (χ0n) is 9.99. The van der Waals surface area contributed by atoms with Crippen LogP contribution in [0.4, 0.5) is 0 Å². The molecule has 0 aliphatic heterocycles. The Hall–Kier alpha value is -0.540. The van der Waals surface area contributed by atoms with E-state index >= 15 is 0 Å². The largest absolute Gasteiger partial charge is 0.473 e. The van der Waals surface area contributed by atoms with Crippen molar-refractivity contribution in [2.75, 3.05) is 0 Å². The highest BCUT2D eigenvalue weighted by Gasteiger charge is 2.26. The topological polar surface area (TPSA) is 35.0 Å². The molecule has 3 atom stereocenters. The Bertz CT molecular complexity index is 400. The summed E-state index contributed by atoms with van der Waals surface area (Å²) in [5.74, 6) is 1.84. The van der Waals surface area contributed by atoms with Gasteiger partial charge in [-0.15, -0.1) is 0 Å². The molecule has 1 fully saturated rings. The second-order valence-electron chi connectivity index (χ2n) is 4.80. The summed E-state index contributed by atoms with van der Waals surface area (Å²) < 4.78 is 5.82. The molecule has 3 nitrogen and oxygen atoms in total. The molecule has 3 unspecified atom stereocenters. The standard InChI is InChI=1S/C12H16Cl2N2O/c1-7-3-4-9(5-8(7)2)17-11-10(13)6-15-12(14)16-11/h6-9H,3-5H2,1-2H3. The fraction of sp³-hybridized carbons (Fsp3) is 0.667. The summed E-state index contributed by atoms with van der Waals surface area (Å²) in [6.45, 7) is 4.55. The van der Waals surface area contributed by atoms with Crippen molar-refractivity contribution in [3.05, 3.63) is 16.5 Å². The lowest BCUT2D eigenvalue weighted by molar-refractivity contribution is 0.0964. The number of nitrogens with zero attached hydrogens (tertiary/aromatic N) is 2. The first kappa shape index (κ1) is 12.9. The highest BCUT2D eigenvalue weighted by molar-refractivity contribution is 6.32. The van der Waals surface area contributed by atoms with Crippen molar-refractivity contribution in [3.63, 3.8) is 0 Å².